The van der Waals surface area contributed by atoms with Crippen LogP contribution in [0.4, 0.5) is 10.1 Å². The summed E-state index contributed by atoms with van der Waals surface area (Å²) in [6.07, 6.45) is 0.428. The predicted molar refractivity (Wildman–Crippen MR) is 72.1 cm³/mol. The summed E-state index contributed by atoms with van der Waals surface area (Å²) in [6.45, 7) is 1.63. The highest BCUT2D eigenvalue weighted by atomic mass is 32.2. The molecule has 0 aliphatic heterocycles. The van der Waals surface area contributed by atoms with Crippen molar-refractivity contribution in [1.82, 2.24) is 0 Å². The highest BCUT2D eigenvalue weighted by molar-refractivity contribution is 7.99. The van der Waals surface area contributed by atoms with Crippen LogP contribution in [0.1, 0.15) is 18.9 Å². The summed E-state index contributed by atoms with van der Waals surface area (Å²) in [6, 6.07) is 5.33. The minimum Gasteiger partial charge on any atom is -0.322 e. The van der Waals surface area contributed by atoms with Crippen LogP contribution in [0.25, 0.3) is 0 Å². The molecule has 0 aromatic heterocycles. The van der Waals surface area contributed by atoms with E-state index in [0.717, 1.165) is 12.1 Å². The van der Waals surface area contributed by atoms with E-state index in [4.69, 9.17) is 11.0 Å². The van der Waals surface area contributed by atoms with Gasteiger partial charge in [0, 0.05) is 23.2 Å². The van der Waals surface area contributed by atoms with E-state index in [1.165, 1.54) is 17.8 Å². The lowest BCUT2D eigenvalue weighted by molar-refractivity contribution is -0.385. The van der Waals surface area contributed by atoms with Gasteiger partial charge in [-0.25, -0.2) is 4.39 Å². The standard InChI is InChI=1S/C12H14FN3O2S/c1-12(15,4-6-19-7-5-14)10-8-9(16(17)18)2-3-11(10)13/h2-3,8H,4,6-7,15H2,1H3. The maximum atomic E-state index is 13.7. The van der Waals surface area contributed by atoms with E-state index in [-0.39, 0.29) is 11.3 Å². The third-order valence-electron chi connectivity index (χ3n) is 2.71. The number of halogens is 1. The summed E-state index contributed by atoms with van der Waals surface area (Å²) in [5.74, 6) is 0.372. The number of nitrogens with zero attached hydrogens (tertiary/aromatic N) is 2. The maximum absolute atomic E-state index is 13.7. The largest absolute Gasteiger partial charge is 0.322 e. The average molecular weight is 283 g/mol. The van der Waals surface area contributed by atoms with E-state index in [1.54, 1.807) is 6.92 Å². The first kappa shape index (κ1) is 15.4. The number of non-ortho nitro benzene ring substituents is 1. The van der Waals surface area contributed by atoms with Gasteiger partial charge >= 0.3 is 0 Å². The lowest BCUT2D eigenvalue weighted by atomic mass is 9.90. The van der Waals surface area contributed by atoms with E-state index in [2.05, 4.69) is 0 Å². The molecule has 0 aliphatic rings. The van der Waals surface area contributed by atoms with Crippen LogP contribution in [0, 0.1) is 27.3 Å². The van der Waals surface area contributed by atoms with Crippen molar-refractivity contribution in [2.24, 2.45) is 5.73 Å². The number of nitro groups is 1. The molecule has 0 heterocycles. The zero-order valence-corrected chi connectivity index (χ0v) is 11.2. The number of hydrogen-bond donors (Lipinski definition) is 1. The molecule has 0 saturated carbocycles. The summed E-state index contributed by atoms with van der Waals surface area (Å²) in [4.78, 5) is 10.1. The summed E-state index contributed by atoms with van der Waals surface area (Å²) in [5.41, 5.74) is 4.97. The average Bonchev–Trinajstić information content (AvgIpc) is 2.34. The summed E-state index contributed by atoms with van der Waals surface area (Å²) in [5, 5.41) is 19.1. The monoisotopic (exact) mass is 283 g/mol. The van der Waals surface area contributed by atoms with Crippen molar-refractivity contribution in [3.05, 3.63) is 39.7 Å². The van der Waals surface area contributed by atoms with Gasteiger partial charge in [-0.1, -0.05) is 0 Å². The van der Waals surface area contributed by atoms with E-state index >= 15 is 0 Å². The van der Waals surface area contributed by atoms with Gasteiger partial charge in [0.1, 0.15) is 5.82 Å². The van der Waals surface area contributed by atoms with E-state index in [0.29, 0.717) is 17.9 Å². The molecule has 0 spiro atoms. The predicted octanol–water partition coefficient (Wildman–Crippen LogP) is 2.55. The third kappa shape index (κ3) is 4.19. The maximum Gasteiger partial charge on any atom is 0.269 e. The SMILES string of the molecule is CC(N)(CCSCC#N)c1cc([N+](=O)[O-])ccc1F. The van der Waals surface area contributed by atoms with Gasteiger partial charge in [0.15, 0.2) is 0 Å². The zero-order valence-electron chi connectivity index (χ0n) is 10.4. The summed E-state index contributed by atoms with van der Waals surface area (Å²) < 4.78 is 13.7. The van der Waals surface area contributed by atoms with Crippen molar-refractivity contribution in [1.29, 1.82) is 5.26 Å². The molecule has 1 aromatic carbocycles. The minimum atomic E-state index is -1.00. The number of rotatable bonds is 6. The smallest absolute Gasteiger partial charge is 0.269 e. The van der Waals surface area contributed by atoms with E-state index in [1.807, 2.05) is 6.07 Å². The third-order valence-corrected chi connectivity index (χ3v) is 3.53. The lowest BCUT2D eigenvalue weighted by Crippen LogP contribution is -2.34. The van der Waals surface area contributed by atoms with Crippen molar-refractivity contribution in [3.63, 3.8) is 0 Å². The fourth-order valence-electron chi connectivity index (χ4n) is 1.60. The molecule has 1 rings (SSSR count). The molecule has 5 nitrogen and oxygen atoms in total. The molecule has 0 fully saturated rings. The van der Waals surface area contributed by atoms with Gasteiger partial charge < -0.3 is 5.73 Å². The molecule has 19 heavy (non-hydrogen) atoms. The molecular formula is C12H14FN3O2S. The number of benzene rings is 1. The second-order valence-corrected chi connectivity index (χ2v) is 5.40. The number of nitriles is 1. The fourth-order valence-corrected chi connectivity index (χ4v) is 2.41. The molecule has 1 aromatic rings. The Morgan fingerprint density at radius 1 is 1.63 bits per heavy atom. The summed E-state index contributed by atoms with van der Waals surface area (Å²) in [7, 11) is 0. The molecule has 2 N–H and O–H groups in total. The Bertz CT molecular complexity index is 514. The molecule has 0 bridgehead atoms. The molecule has 0 radical (unpaired) electrons. The molecule has 0 saturated heterocycles. The van der Waals surface area contributed by atoms with Crippen LogP contribution in [0.3, 0.4) is 0 Å². The molecule has 0 amide bonds. The molecular weight excluding hydrogens is 269 g/mol. The Morgan fingerprint density at radius 2 is 2.32 bits per heavy atom. The molecule has 102 valence electrons. The van der Waals surface area contributed by atoms with Crippen molar-refractivity contribution in [3.8, 4) is 6.07 Å². The topological polar surface area (TPSA) is 93.0 Å². The number of nitrogens with two attached hydrogens (primary N) is 1. The Hall–Kier alpha value is -1.65. The van der Waals surface area contributed by atoms with Gasteiger partial charge in [0.05, 0.1) is 16.7 Å². The van der Waals surface area contributed by atoms with Crippen LogP contribution in [0.5, 0.6) is 0 Å². The molecule has 7 heteroatoms. The van der Waals surface area contributed by atoms with Crippen LogP contribution in [-0.4, -0.2) is 16.4 Å². The fraction of sp³-hybridized carbons (Fsp3) is 0.417. The Morgan fingerprint density at radius 3 is 2.89 bits per heavy atom. The highest BCUT2D eigenvalue weighted by Gasteiger charge is 2.26. The highest BCUT2D eigenvalue weighted by Crippen LogP contribution is 2.29. The molecule has 1 atom stereocenters. The Labute approximate surface area is 114 Å². The normalized spacial score (nSPS) is 13.6. The van der Waals surface area contributed by atoms with Gasteiger partial charge in [0.25, 0.3) is 5.69 Å². The van der Waals surface area contributed by atoms with Crippen molar-refractivity contribution in [2.45, 2.75) is 18.9 Å². The van der Waals surface area contributed by atoms with E-state index < -0.39 is 16.3 Å². The first-order valence-electron chi connectivity index (χ1n) is 5.56. The van der Waals surface area contributed by atoms with Gasteiger partial charge in [-0.3, -0.25) is 10.1 Å². The number of thioether (sulfide) groups is 1. The first-order chi connectivity index (χ1) is 8.88. The lowest BCUT2D eigenvalue weighted by Gasteiger charge is -2.25. The van der Waals surface area contributed by atoms with Gasteiger partial charge in [-0.2, -0.15) is 5.26 Å². The van der Waals surface area contributed by atoms with Crippen LogP contribution in [0.15, 0.2) is 18.2 Å². The Kier molecular flexibility index (Phi) is 5.27. The van der Waals surface area contributed by atoms with Crippen LogP contribution in [-0.2, 0) is 5.54 Å². The van der Waals surface area contributed by atoms with E-state index in [9.17, 15) is 14.5 Å². The molecule has 1 unspecified atom stereocenters. The second-order valence-electron chi connectivity index (χ2n) is 4.30. The van der Waals surface area contributed by atoms with Crippen LogP contribution < -0.4 is 5.73 Å². The quantitative estimate of drug-likeness (QED) is 0.492. The summed E-state index contributed by atoms with van der Waals surface area (Å²) >= 11 is 1.39. The zero-order chi connectivity index (χ0) is 14.5. The minimum absolute atomic E-state index is 0.124. The number of nitro benzene ring substituents is 1. The first-order valence-corrected chi connectivity index (χ1v) is 6.72. The second kappa shape index (κ2) is 6.50. The van der Waals surface area contributed by atoms with Gasteiger partial charge in [0.2, 0.25) is 0 Å². The Balaban J connectivity index is 2.90. The van der Waals surface area contributed by atoms with Gasteiger partial charge in [-0.15, -0.1) is 11.8 Å². The number of hydrogen-bond acceptors (Lipinski definition) is 5. The van der Waals surface area contributed by atoms with Crippen LogP contribution in [0.2, 0.25) is 0 Å². The van der Waals surface area contributed by atoms with Crippen molar-refractivity contribution < 1.29 is 9.31 Å². The van der Waals surface area contributed by atoms with Crippen molar-refractivity contribution >= 4 is 17.4 Å². The van der Waals surface area contributed by atoms with Gasteiger partial charge in [-0.05, 0) is 25.2 Å². The van der Waals surface area contributed by atoms with Crippen molar-refractivity contribution in [2.75, 3.05) is 11.5 Å². The molecule has 0 aliphatic carbocycles. The van der Waals surface area contributed by atoms with Crippen LogP contribution >= 0.6 is 11.8 Å².